The minimum atomic E-state index is 0.399. The van der Waals surface area contributed by atoms with Gasteiger partial charge in [-0.15, -0.1) is 0 Å². The lowest BCUT2D eigenvalue weighted by Gasteiger charge is -2.43. The van der Waals surface area contributed by atoms with Crippen LogP contribution in [0, 0.1) is 0 Å². The maximum absolute atomic E-state index is 3.79. The van der Waals surface area contributed by atoms with E-state index in [2.05, 4.69) is 51.3 Å². The van der Waals surface area contributed by atoms with Gasteiger partial charge in [-0.25, -0.2) is 0 Å². The van der Waals surface area contributed by atoms with Gasteiger partial charge in [0, 0.05) is 35.3 Å². The van der Waals surface area contributed by atoms with Gasteiger partial charge in [-0.1, -0.05) is 35.7 Å². The predicted molar refractivity (Wildman–Crippen MR) is 84.9 cm³/mol. The number of aryl methyl sites for hydroxylation is 1. The zero-order chi connectivity index (χ0) is 13.3. The van der Waals surface area contributed by atoms with Crippen molar-refractivity contribution in [3.8, 4) is 0 Å². The van der Waals surface area contributed by atoms with Gasteiger partial charge in [-0.2, -0.15) is 0 Å². The van der Waals surface area contributed by atoms with Crippen LogP contribution in [-0.4, -0.2) is 25.2 Å². The summed E-state index contributed by atoms with van der Waals surface area (Å²) in [5, 5.41) is 3.79. The highest BCUT2D eigenvalue weighted by atomic mass is 79.9. The standard InChI is InChI=1S/C16H23BrN2/c1-2-13-11-14(17)5-6-15(13)19-10-9-18-16(12-19)7-3-4-8-16/h5-6,11,18H,2-4,7-10,12H2,1H3. The van der Waals surface area contributed by atoms with Crippen molar-refractivity contribution in [3.05, 3.63) is 28.2 Å². The first-order valence-electron chi connectivity index (χ1n) is 7.51. The van der Waals surface area contributed by atoms with Crippen LogP contribution in [0.3, 0.4) is 0 Å². The number of nitrogens with one attached hydrogen (secondary N) is 1. The molecule has 1 spiro atoms. The molecule has 1 saturated carbocycles. The Bertz CT molecular complexity index is 452. The van der Waals surface area contributed by atoms with Gasteiger partial charge in [0.1, 0.15) is 0 Å². The molecule has 2 nitrogen and oxygen atoms in total. The highest BCUT2D eigenvalue weighted by Gasteiger charge is 2.37. The highest BCUT2D eigenvalue weighted by Crippen LogP contribution is 2.35. The Morgan fingerprint density at radius 1 is 1.32 bits per heavy atom. The molecule has 2 fully saturated rings. The Labute approximate surface area is 124 Å². The highest BCUT2D eigenvalue weighted by molar-refractivity contribution is 9.10. The Morgan fingerprint density at radius 3 is 2.84 bits per heavy atom. The minimum Gasteiger partial charge on any atom is -0.368 e. The van der Waals surface area contributed by atoms with Crippen LogP contribution in [-0.2, 0) is 6.42 Å². The van der Waals surface area contributed by atoms with Gasteiger partial charge in [0.15, 0.2) is 0 Å². The molecule has 1 heterocycles. The number of anilines is 1. The van der Waals surface area contributed by atoms with Crippen molar-refractivity contribution in [2.45, 2.75) is 44.6 Å². The molecular weight excluding hydrogens is 300 g/mol. The second kappa shape index (κ2) is 5.45. The zero-order valence-electron chi connectivity index (χ0n) is 11.7. The average Bonchev–Trinajstić information content (AvgIpc) is 2.86. The van der Waals surface area contributed by atoms with Crippen LogP contribution < -0.4 is 10.2 Å². The van der Waals surface area contributed by atoms with Crippen LogP contribution in [0.1, 0.15) is 38.2 Å². The molecule has 0 unspecified atom stereocenters. The maximum atomic E-state index is 3.79. The van der Waals surface area contributed by atoms with Crippen LogP contribution >= 0.6 is 15.9 Å². The molecule has 19 heavy (non-hydrogen) atoms. The van der Waals surface area contributed by atoms with Crippen LogP contribution in [0.4, 0.5) is 5.69 Å². The van der Waals surface area contributed by atoms with Crippen LogP contribution in [0.2, 0.25) is 0 Å². The molecule has 1 N–H and O–H groups in total. The number of nitrogens with zero attached hydrogens (tertiary/aromatic N) is 1. The van der Waals surface area contributed by atoms with E-state index in [-0.39, 0.29) is 0 Å². The van der Waals surface area contributed by atoms with E-state index in [4.69, 9.17) is 0 Å². The maximum Gasteiger partial charge on any atom is 0.0400 e. The lowest BCUT2D eigenvalue weighted by Crippen LogP contribution is -2.59. The summed E-state index contributed by atoms with van der Waals surface area (Å²) in [6.07, 6.45) is 6.58. The first-order chi connectivity index (χ1) is 9.22. The fourth-order valence-electron chi connectivity index (χ4n) is 3.69. The lowest BCUT2D eigenvalue weighted by atomic mass is 9.93. The summed E-state index contributed by atoms with van der Waals surface area (Å²) in [6, 6.07) is 6.74. The van der Waals surface area contributed by atoms with Crippen molar-refractivity contribution in [3.63, 3.8) is 0 Å². The second-order valence-corrected chi connectivity index (χ2v) is 6.88. The van der Waals surface area contributed by atoms with Crippen molar-refractivity contribution in [1.29, 1.82) is 0 Å². The van der Waals surface area contributed by atoms with Gasteiger partial charge >= 0.3 is 0 Å². The first-order valence-corrected chi connectivity index (χ1v) is 8.30. The van der Waals surface area contributed by atoms with Gasteiger partial charge in [0.2, 0.25) is 0 Å². The Hall–Kier alpha value is -0.540. The van der Waals surface area contributed by atoms with Gasteiger partial charge in [0.25, 0.3) is 0 Å². The van der Waals surface area contributed by atoms with E-state index in [0.29, 0.717) is 5.54 Å². The molecule has 3 rings (SSSR count). The quantitative estimate of drug-likeness (QED) is 0.892. The molecule has 1 aromatic rings. The second-order valence-electron chi connectivity index (χ2n) is 5.96. The number of rotatable bonds is 2. The normalized spacial score (nSPS) is 22.1. The zero-order valence-corrected chi connectivity index (χ0v) is 13.3. The van der Waals surface area contributed by atoms with E-state index < -0.39 is 0 Å². The number of hydrogen-bond donors (Lipinski definition) is 1. The summed E-state index contributed by atoms with van der Waals surface area (Å²) in [5.74, 6) is 0. The third-order valence-corrected chi connectivity index (χ3v) is 5.19. The van der Waals surface area contributed by atoms with E-state index in [0.717, 1.165) is 19.5 Å². The minimum absolute atomic E-state index is 0.399. The average molecular weight is 323 g/mol. The summed E-state index contributed by atoms with van der Waals surface area (Å²) < 4.78 is 1.19. The molecule has 1 saturated heterocycles. The molecule has 1 aliphatic heterocycles. The van der Waals surface area contributed by atoms with Crippen LogP contribution in [0.25, 0.3) is 0 Å². The van der Waals surface area contributed by atoms with Gasteiger partial charge in [0.05, 0.1) is 0 Å². The predicted octanol–water partition coefficient (Wildman–Crippen LogP) is 3.73. The summed E-state index contributed by atoms with van der Waals surface area (Å²) in [5.41, 5.74) is 3.30. The van der Waals surface area contributed by atoms with E-state index in [1.165, 1.54) is 48.0 Å². The van der Waals surface area contributed by atoms with E-state index in [1.807, 2.05) is 0 Å². The molecular formula is C16H23BrN2. The summed E-state index contributed by atoms with van der Waals surface area (Å²) in [6.45, 7) is 5.69. The molecule has 104 valence electrons. The fourth-order valence-corrected chi connectivity index (χ4v) is 4.10. The third kappa shape index (κ3) is 2.68. The fraction of sp³-hybridized carbons (Fsp3) is 0.625. The largest absolute Gasteiger partial charge is 0.368 e. The number of piperazine rings is 1. The number of hydrogen-bond acceptors (Lipinski definition) is 2. The van der Waals surface area contributed by atoms with E-state index in [1.54, 1.807) is 0 Å². The van der Waals surface area contributed by atoms with Crippen molar-refractivity contribution in [2.24, 2.45) is 0 Å². The summed E-state index contributed by atoms with van der Waals surface area (Å²) in [7, 11) is 0. The van der Waals surface area contributed by atoms with E-state index >= 15 is 0 Å². The van der Waals surface area contributed by atoms with Gasteiger partial charge < -0.3 is 10.2 Å². The van der Waals surface area contributed by atoms with Crippen molar-refractivity contribution < 1.29 is 0 Å². The molecule has 0 amide bonds. The summed E-state index contributed by atoms with van der Waals surface area (Å²) >= 11 is 3.59. The molecule has 3 heteroatoms. The molecule has 0 bridgehead atoms. The first kappa shape index (κ1) is 13.4. The summed E-state index contributed by atoms with van der Waals surface area (Å²) in [4.78, 5) is 2.60. The van der Waals surface area contributed by atoms with Crippen molar-refractivity contribution in [2.75, 3.05) is 24.5 Å². The molecule has 0 aromatic heterocycles. The third-order valence-electron chi connectivity index (χ3n) is 4.70. The van der Waals surface area contributed by atoms with Gasteiger partial charge in [-0.3, -0.25) is 0 Å². The van der Waals surface area contributed by atoms with Crippen LogP contribution in [0.5, 0.6) is 0 Å². The molecule has 1 aromatic carbocycles. The van der Waals surface area contributed by atoms with E-state index in [9.17, 15) is 0 Å². The smallest absolute Gasteiger partial charge is 0.0400 e. The SMILES string of the molecule is CCc1cc(Br)ccc1N1CCNC2(CCCC2)C1. The number of halogens is 1. The Kier molecular flexibility index (Phi) is 3.86. The van der Waals surface area contributed by atoms with Crippen LogP contribution in [0.15, 0.2) is 22.7 Å². The molecule has 0 radical (unpaired) electrons. The van der Waals surface area contributed by atoms with Gasteiger partial charge in [-0.05, 0) is 43.0 Å². The number of benzene rings is 1. The Morgan fingerprint density at radius 2 is 2.11 bits per heavy atom. The Balaban J connectivity index is 1.85. The van der Waals surface area contributed by atoms with Crippen molar-refractivity contribution >= 4 is 21.6 Å². The molecule has 2 aliphatic rings. The monoisotopic (exact) mass is 322 g/mol. The molecule has 0 atom stereocenters. The topological polar surface area (TPSA) is 15.3 Å². The van der Waals surface area contributed by atoms with Crippen molar-refractivity contribution in [1.82, 2.24) is 5.32 Å². The molecule has 1 aliphatic carbocycles. The lowest BCUT2D eigenvalue weighted by molar-refractivity contribution is 0.303.